The molecule has 0 amide bonds. The summed E-state index contributed by atoms with van der Waals surface area (Å²) in [5.41, 5.74) is 26.7. The lowest BCUT2D eigenvalue weighted by Crippen LogP contribution is -2.62. The molecule has 0 radical (unpaired) electrons. The Kier molecular flexibility index (Phi) is 11.8. The molecule has 0 N–H and O–H groups in total. The van der Waals surface area contributed by atoms with Crippen molar-refractivity contribution in [3.63, 3.8) is 0 Å². The van der Waals surface area contributed by atoms with Crippen molar-refractivity contribution in [1.82, 2.24) is 0 Å². The van der Waals surface area contributed by atoms with Crippen LogP contribution in [0.1, 0.15) is 207 Å². The average molecular weight is 1000 g/mol. The summed E-state index contributed by atoms with van der Waals surface area (Å²) in [5.74, 6) is 0. The van der Waals surface area contributed by atoms with Crippen LogP contribution in [0.25, 0.3) is 11.1 Å². The monoisotopic (exact) mass is 1000 g/mol. The third kappa shape index (κ3) is 8.43. The van der Waals surface area contributed by atoms with Gasteiger partial charge < -0.3 is 9.80 Å². The summed E-state index contributed by atoms with van der Waals surface area (Å²) >= 11 is 0. The molecule has 11 rings (SSSR count). The molecule has 4 aliphatic rings. The second-order valence-corrected chi connectivity index (χ2v) is 30.1. The van der Waals surface area contributed by atoms with Crippen LogP contribution in [0.5, 0.6) is 0 Å². The van der Waals surface area contributed by atoms with Crippen molar-refractivity contribution in [2.45, 2.75) is 201 Å². The van der Waals surface area contributed by atoms with E-state index in [0.717, 1.165) is 0 Å². The van der Waals surface area contributed by atoms with E-state index >= 15 is 0 Å². The first kappa shape index (κ1) is 52.3. The van der Waals surface area contributed by atoms with Crippen LogP contribution in [-0.2, 0) is 43.3 Å². The number of benzene rings is 7. The van der Waals surface area contributed by atoms with Crippen molar-refractivity contribution in [1.29, 1.82) is 0 Å². The topological polar surface area (TPSA) is 6.48 Å². The van der Waals surface area contributed by atoms with E-state index in [-0.39, 0.29) is 50.0 Å². The van der Waals surface area contributed by atoms with E-state index < -0.39 is 0 Å². The lowest BCUT2D eigenvalue weighted by Gasteiger charge is -2.48. The van der Waals surface area contributed by atoms with E-state index in [2.05, 4.69) is 275 Å². The molecule has 0 saturated carbocycles. The van der Waals surface area contributed by atoms with Gasteiger partial charge >= 0.3 is 0 Å². The molecule has 76 heavy (non-hydrogen) atoms. The second kappa shape index (κ2) is 17.1. The first-order valence-electron chi connectivity index (χ1n) is 28.9. The molecule has 0 unspecified atom stereocenters. The molecule has 7 aromatic rings. The average Bonchev–Trinajstić information content (AvgIpc) is 3.37. The van der Waals surface area contributed by atoms with Crippen LogP contribution in [0.15, 0.2) is 133 Å². The highest BCUT2D eigenvalue weighted by atomic mass is 15.2. The molecule has 392 valence electrons. The maximum absolute atomic E-state index is 2.74. The number of hydrogen-bond donors (Lipinski definition) is 0. The minimum Gasteiger partial charge on any atom is -0.311 e. The molecule has 0 fully saturated rings. The minimum atomic E-state index is -0.259. The van der Waals surface area contributed by atoms with Crippen molar-refractivity contribution >= 4 is 57.2 Å². The summed E-state index contributed by atoms with van der Waals surface area (Å²) in [6.07, 6.45) is 4.69. The summed E-state index contributed by atoms with van der Waals surface area (Å²) in [6.45, 7) is 46.0. The summed E-state index contributed by atoms with van der Waals surface area (Å²) in [6, 6.07) is 53.8. The van der Waals surface area contributed by atoms with Gasteiger partial charge in [-0.2, -0.15) is 0 Å². The van der Waals surface area contributed by atoms with Gasteiger partial charge in [-0.05, 0) is 184 Å². The molecule has 0 spiro atoms. The molecule has 0 aromatic heterocycles. The molecule has 0 atom stereocenters. The summed E-state index contributed by atoms with van der Waals surface area (Å²) in [4.78, 5) is 5.46. The minimum absolute atomic E-state index is 0.00827. The largest absolute Gasteiger partial charge is 0.311 e. The predicted molar refractivity (Wildman–Crippen MR) is 331 cm³/mol. The molecule has 0 saturated heterocycles. The standard InChI is InChI=1S/C73H87BN2/c1-66(2,3)48-27-23-24-46(38-48)53-39-49(67(4,5)6)29-33-60(53)76-61-40-50(73(18,19)47-25-21-20-22-26-47)28-32-58(61)74-59-44-56-57(72(16,17)37-36-71(56,14)15)45-62(59)75(63-41-51(68(7,8)9)42-64(76)65(63)74)52-30-31-54-55(43-52)70(12,13)35-34-69(54,10)11/h20-33,38-45H,34-37H2,1-19H3. The van der Waals surface area contributed by atoms with Gasteiger partial charge in [-0.3, -0.25) is 0 Å². The summed E-state index contributed by atoms with van der Waals surface area (Å²) in [5, 5.41) is 0. The maximum atomic E-state index is 2.74. The fourth-order valence-corrected chi connectivity index (χ4v) is 13.7. The van der Waals surface area contributed by atoms with Crippen LogP contribution in [0.2, 0.25) is 0 Å². The Labute approximate surface area is 459 Å². The quantitative estimate of drug-likeness (QED) is 0.159. The molecule has 2 nitrogen and oxygen atoms in total. The Morgan fingerprint density at radius 3 is 1.46 bits per heavy atom. The molecular weight excluding hydrogens is 916 g/mol. The molecule has 7 aromatic carbocycles. The Morgan fingerprint density at radius 1 is 0.355 bits per heavy atom. The molecular formula is C73H87BN2. The fraction of sp³-hybridized carbons (Fsp3) is 0.425. The number of fused-ring (bicyclic) bond motifs is 6. The van der Waals surface area contributed by atoms with Crippen LogP contribution < -0.4 is 26.2 Å². The van der Waals surface area contributed by atoms with Gasteiger partial charge in [0.05, 0.1) is 5.69 Å². The zero-order valence-electron chi connectivity index (χ0n) is 50.0. The lowest BCUT2D eigenvalue weighted by molar-refractivity contribution is 0.332. The van der Waals surface area contributed by atoms with Crippen molar-refractivity contribution in [3.8, 4) is 11.1 Å². The highest BCUT2D eigenvalue weighted by Crippen LogP contribution is 2.54. The van der Waals surface area contributed by atoms with Gasteiger partial charge in [-0.15, -0.1) is 0 Å². The smallest absolute Gasteiger partial charge is 0.252 e. The molecule has 0 bridgehead atoms. The van der Waals surface area contributed by atoms with Gasteiger partial charge in [0.25, 0.3) is 6.71 Å². The van der Waals surface area contributed by atoms with E-state index in [9.17, 15) is 0 Å². The Morgan fingerprint density at radius 2 is 0.855 bits per heavy atom. The first-order valence-corrected chi connectivity index (χ1v) is 28.9. The van der Waals surface area contributed by atoms with Crippen LogP contribution in [0, 0.1) is 0 Å². The van der Waals surface area contributed by atoms with Crippen LogP contribution in [-0.4, -0.2) is 6.71 Å². The molecule has 2 heterocycles. The van der Waals surface area contributed by atoms with Gasteiger partial charge in [0, 0.05) is 39.4 Å². The normalized spacial score (nSPS) is 18.1. The fourth-order valence-electron chi connectivity index (χ4n) is 13.7. The van der Waals surface area contributed by atoms with Crippen LogP contribution in [0.4, 0.5) is 34.1 Å². The zero-order valence-corrected chi connectivity index (χ0v) is 50.0. The lowest BCUT2D eigenvalue weighted by atomic mass is 9.33. The number of rotatable bonds is 5. The van der Waals surface area contributed by atoms with E-state index in [4.69, 9.17) is 0 Å². The summed E-state index contributed by atoms with van der Waals surface area (Å²) in [7, 11) is 0. The van der Waals surface area contributed by atoms with Gasteiger partial charge in [0.1, 0.15) is 0 Å². The van der Waals surface area contributed by atoms with E-state index in [1.807, 2.05) is 0 Å². The van der Waals surface area contributed by atoms with Crippen molar-refractivity contribution < 1.29 is 0 Å². The Balaban J connectivity index is 1.30. The third-order valence-corrected chi connectivity index (χ3v) is 19.4. The number of anilines is 6. The summed E-state index contributed by atoms with van der Waals surface area (Å²) < 4.78 is 0. The predicted octanol–water partition coefficient (Wildman–Crippen LogP) is 18.4. The van der Waals surface area contributed by atoms with E-state index in [1.165, 1.54) is 137 Å². The van der Waals surface area contributed by atoms with Crippen molar-refractivity contribution in [3.05, 3.63) is 184 Å². The molecule has 3 heteroatoms. The van der Waals surface area contributed by atoms with Crippen molar-refractivity contribution in [2.75, 3.05) is 9.80 Å². The van der Waals surface area contributed by atoms with E-state index in [0.29, 0.717) is 0 Å². The second-order valence-electron chi connectivity index (χ2n) is 30.1. The maximum Gasteiger partial charge on any atom is 0.252 e. The van der Waals surface area contributed by atoms with Gasteiger partial charge in [-0.1, -0.05) is 216 Å². The van der Waals surface area contributed by atoms with Crippen molar-refractivity contribution in [2.24, 2.45) is 0 Å². The Hall–Kier alpha value is -5.80. The van der Waals surface area contributed by atoms with Gasteiger partial charge in [0.2, 0.25) is 0 Å². The molecule has 2 aliphatic heterocycles. The molecule has 2 aliphatic carbocycles. The number of hydrogen-bond acceptors (Lipinski definition) is 2. The van der Waals surface area contributed by atoms with E-state index in [1.54, 1.807) is 0 Å². The highest BCUT2D eigenvalue weighted by Gasteiger charge is 2.48. The van der Waals surface area contributed by atoms with Crippen LogP contribution >= 0.6 is 0 Å². The Bertz CT molecular complexity index is 3470. The van der Waals surface area contributed by atoms with Gasteiger partial charge in [0.15, 0.2) is 0 Å². The SMILES string of the molecule is CC(C)(C)c1cccc(-c2cc(C(C)(C)C)ccc2N2c3cc(C(C)(C)c4ccccc4)ccc3B3c4cc5c(cc4N(c4ccc6c(c4)C(C)(C)CCC6(C)C)c4cc(C(C)(C)C)cc2c43)C(C)(C)CCC5(C)C)c1. The third-order valence-electron chi connectivity index (χ3n) is 19.4. The number of nitrogens with zero attached hydrogens (tertiary/aromatic N) is 2. The zero-order chi connectivity index (χ0) is 54.7. The highest BCUT2D eigenvalue weighted by molar-refractivity contribution is 7.00. The first-order chi connectivity index (χ1) is 35.3. The van der Waals surface area contributed by atoms with Crippen LogP contribution in [0.3, 0.4) is 0 Å². The van der Waals surface area contributed by atoms with Gasteiger partial charge in [-0.25, -0.2) is 0 Å².